The summed E-state index contributed by atoms with van der Waals surface area (Å²) in [5.41, 5.74) is 3.17. The molecule has 0 radical (unpaired) electrons. The average molecular weight is 225 g/mol. The maximum atomic E-state index is 5.17. The van der Waals surface area contributed by atoms with Gasteiger partial charge in [-0.2, -0.15) is 5.10 Å². The first-order valence-corrected chi connectivity index (χ1v) is 5.29. The van der Waals surface area contributed by atoms with Gasteiger partial charge in [0.2, 0.25) is 0 Å². The summed E-state index contributed by atoms with van der Waals surface area (Å²) in [6.45, 7) is 0. The van der Waals surface area contributed by atoms with E-state index in [0.29, 0.717) is 0 Å². The molecule has 0 spiro atoms. The van der Waals surface area contributed by atoms with Crippen molar-refractivity contribution in [2.75, 3.05) is 7.11 Å². The number of fused-ring (bicyclic) bond motifs is 1. The third-order valence-corrected chi connectivity index (χ3v) is 2.72. The van der Waals surface area contributed by atoms with Crippen molar-refractivity contribution in [3.05, 3.63) is 42.9 Å². The second-order valence-corrected chi connectivity index (χ2v) is 3.79. The predicted molar refractivity (Wildman–Crippen MR) is 65.9 cm³/mol. The zero-order chi connectivity index (χ0) is 11.7. The molecule has 4 nitrogen and oxygen atoms in total. The molecule has 0 aliphatic heterocycles. The van der Waals surface area contributed by atoms with Crippen LogP contribution in [-0.2, 0) is 0 Å². The molecule has 0 saturated carbocycles. The van der Waals surface area contributed by atoms with E-state index in [0.717, 1.165) is 27.8 Å². The summed E-state index contributed by atoms with van der Waals surface area (Å²) in [6, 6.07) is 8.09. The monoisotopic (exact) mass is 225 g/mol. The van der Waals surface area contributed by atoms with Crippen molar-refractivity contribution < 1.29 is 4.74 Å². The normalized spacial score (nSPS) is 10.6. The van der Waals surface area contributed by atoms with Gasteiger partial charge in [0.15, 0.2) is 0 Å². The van der Waals surface area contributed by atoms with Crippen molar-refractivity contribution in [1.29, 1.82) is 0 Å². The first kappa shape index (κ1) is 9.84. The number of nitrogens with one attached hydrogen (secondary N) is 1. The lowest BCUT2D eigenvalue weighted by Gasteiger charge is -2.04. The lowest BCUT2D eigenvalue weighted by molar-refractivity contribution is 0.413. The second kappa shape index (κ2) is 3.90. The predicted octanol–water partition coefficient (Wildman–Crippen LogP) is 2.63. The highest BCUT2D eigenvalue weighted by atomic mass is 16.5. The first-order valence-electron chi connectivity index (χ1n) is 5.29. The number of hydrogen-bond acceptors (Lipinski definition) is 3. The Morgan fingerprint density at radius 1 is 1.06 bits per heavy atom. The minimum atomic E-state index is 0.759. The molecule has 4 heteroatoms. The van der Waals surface area contributed by atoms with Crippen molar-refractivity contribution >= 4 is 10.9 Å². The van der Waals surface area contributed by atoms with Crippen LogP contribution < -0.4 is 4.74 Å². The Kier molecular flexibility index (Phi) is 2.26. The van der Waals surface area contributed by atoms with Gasteiger partial charge in [0.25, 0.3) is 0 Å². The van der Waals surface area contributed by atoms with Gasteiger partial charge in [-0.05, 0) is 23.8 Å². The summed E-state index contributed by atoms with van der Waals surface area (Å²) >= 11 is 0. The molecule has 84 valence electrons. The molecule has 3 rings (SSSR count). The van der Waals surface area contributed by atoms with Crippen LogP contribution in [0.25, 0.3) is 22.0 Å². The van der Waals surface area contributed by atoms with Crippen LogP contribution in [0.2, 0.25) is 0 Å². The summed E-state index contributed by atoms with van der Waals surface area (Å²) in [5, 5.41) is 8.02. The SMILES string of the molecule is COc1cncc(-c2ccc3[nH]ncc3c2)c1. The van der Waals surface area contributed by atoms with E-state index >= 15 is 0 Å². The standard InChI is InChI=1S/C13H11N3O/c1-17-12-5-10(6-14-8-12)9-2-3-13-11(4-9)7-15-16-13/h2-8H,1H3,(H,15,16). The van der Waals surface area contributed by atoms with Gasteiger partial charge in [-0.3, -0.25) is 10.1 Å². The number of nitrogens with zero attached hydrogens (tertiary/aromatic N) is 2. The Morgan fingerprint density at radius 2 is 2.00 bits per heavy atom. The van der Waals surface area contributed by atoms with E-state index in [2.05, 4.69) is 21.2 Å². The van der Waals surface area contributed by atoms with Crippen LogP contribution in [0.4, 0.5) is 0 Å². The summed E-state index contributed by atoms with van der Waals surface area (Å²) in [6.07, 6.45) is 5.33. The van der Waals surface area contributed by atoms with Gasteiger partial charge in [-0.1, -0.05) is 6.07 Å². The number of benzene rings is 1. The first-order chi connectivity index (χ1) is 8.36. The number of aromatic nitrogens is 3. The third-order valence-electron chi connectivity index (χ3n) is 2.72. The van der Waals surface area contributed by atoms with E-state index in [1.807, 2.05) is 30.6 Å². The molecule has 17 heavy (non-hydrogen) atoms. The van der Waals surface area contributed by atoms with Gasteiger partial charge in [-0.25, -0.2) is 0 Å². The Bertz CT molecular complexity index is 660. The van der Waals surface area contributed by atoms with Gasteiger partial charge >= 0.3 is 0 Å². The van der Waals surface area contributed by atoms with Gasteiger partial charge in [0.1, 0.15) is 5.75 Å². The molecule has 0 aliphatic rings. The zero-order valence-electron chi connectivity index (χ0n) is 9.34. The van der Waals surface area contributed by atoms with Crippen LogP contribution in [0.3, 0.4) is 0 Å². The number of ether oxygens (including phenoxy) is 1. The fourth-order valence-electron chi connectivity index (χ4n) is 1.81. The highest BCUT2D eigenvalue weighted by Crippen LogP contribution is 2.25. The highest BCUT2D eigenvalue weighted by molar-refractivity contribution is 5.83. The van der Waals surface area contributed by atoms with E-state index in [4.69, 9.17) is 4.74 Å². The van der Waals surface area contributed by atoms with Crippen LogP contribution in [0.15, 0.2) is 42.9 Å². The zero-order valence-corrected chi connectivity index (χ0v) is 9.34. The molecule has 1 aromatic carbocycles. The molecule has 0 saturated heterocycles. The van der Waals surface area contributed by atoms with E-state index in [1.54, 1.807) is 13.3 Å². The van der Waals surface area contributed by atoms with Gasteiger partial charge < -0.3 is 4.74 Å². The summed E-state index contributed by atoms with van der Waals surface area (Å²) in [5.74, 6) is 0.759. The Hall–Kier alpha value is -2.36. The summed E-state index contributed by atoms with van der Waals surface area (Å²) in [4.78, 5) is 4.15. The molecule has 0 atom stereocenters. The van der Waals surface area contributed by atoms with Gasteiger partial charge in [-0.15, -0.1) is 0 Å². The smallest absolute Gasteiger partial charge is 0.137 e. The van der Waals surface area contributed by atoms with Crippen LogP contribution >= 0.6 is 0 Å². The molecule has 2 aromatic heterocycles. The number of hydrogen-bond donors (Lipinski definition) is 1. The van der Waals surface area contributed by atoms with Crippen molar-refractivity contribution in [2.24, 2.45) is 0 Å². The van der Waals surface area contributed by atoms with Crippen molar-refractivity contribution in [1.82, 2.24) is 15.2 Å². The van der Waals surface area contributed by atoms with E-state index in [-0.39, 0.29) is 0 Å². The number of rotatable bonds is 2. The maximum Gasteiger partial charge on any atom is 0.137 e. The lowest BCUT2D eigenvalue weighted by atomic mass is 10.1. The van der Waals surface area contributed by atoms with Gasteiger partial charge in [0, 0.05) is 17.1 Å². The molecule has 3 aromatic rings. The molecular weight excluding hydrogens is 214 g/mol. The summed E-state index contributed by atoms with van der Waals surface area (Å²) < 4.78 is 5.17. The molecule has 1 N–H and O–H groups in total. The molecule has 2 heterocycles. The molecular formula is C13H11N3O. The molecule has 0 amide bonds. The third kappa shape index (κ3) is 1.73. The Balaban J connectivity index is 2.12. The number of methoxy groups -OCH3 is 1. The van der Waals surface area contributed by atoms with Crippen molar-refractivity contribution in [3.63, 3.8) is 0 Å². The topological polar surface area (TPSA) is 50.8 Å². The largest absolute Gasteiger partial charge is 0.495 e. The second-order valence-electron chi connectivity index (χ2n) is 3.79. The van der Waals surface area contributed by atoms with Gasteiger partial charge in [0.05, 0.1) is 25.0 Å². The number of aromatic amines is 1. The highest BCUT2D eigenvalue weighted by Gasteiger charge is 2.02. The fourth-order valence-corrected chi connectivity index (χ4v) is 1.81. The van der Waals surface area contributed by atoms with Crippen LogP contribution in [-0.4, -0.2) is 22.3 Å². The van der Waals surface area contributed by atoms with Crippen molar-refractivity contribution in [3.8, 4) is 16.9 Å². The molecule has 0 aliphatic carbocycles. The molecule has 0 fully saturated rings. The lowest BCUT2D eigenvalue weighted by Crippen LogP contribution is -1.86. The minimum absolute atomic E-state index is 0.759. The Morgan fingerprint density at radius 3 is 2.88 bits per heavy atom. The average Bonchev–Trinajstić information content (AvgIpc) is 2.86. The molecule has 0 bridgehead atoms. The fraction of sp³-hybridized carbons (Fsp3) is 0.0769. The van der Waals surface area contributed by atoms with E-state index in [1.165, 1.54) is 0 Å². The van der Waals surface area contributed by atoms with E-state index < -0.39 is 0 Å². The Labute approximate surface area is 98.3 Å². The van der Waals surface area contributed by atoms with Crippen LogP contribution in [0.5, 0.6) is 5.75 Å². The number of H-pyrrole nitrogens is 1. The van der Waals surface area contributed by atoms with Crippen LogP contribution in [0.1, 0.15) is 0 Å². The minimum Gasteiger partial charge on any atom is -0.495 e. The summed E-state index contributed by atoms with van der Waals surface area (Å²) in [7, 11) is 1.64. The van der Waals surface area contributed by atoms with Crippen molar-refractivity contribution in [2.45, 2.75) is 0 Å². The molecule has 0 unspecified atom stereocenters. The van der Waals surface area contributed by atoms with Crippen LogP contribution in [0, 0.1) is 0 Å². The number of pyridine rings is 1. The van der Waals surface area contributed by atoms with E-state index in [9.17, 15) is 0 Å². The quantitative estimate of drug-likeness (QED) is 0.729. The maximum absolute atomic E-state index is 5.17.